The molecule has 0 saturated carbocycles. The van der Waals surface area contributed by atoms with Crippen LogP contribution in [0.5, 0.6) is 0 Å². The summed E-state index contributed by atoms with van der Waals surface area (Å²) in [5.41, 5.74) is 1.08. The Balaban J connectivity index is 1.67. The average Bonchev–Trinajstić information content (AvgIpc) is 2.47. The molecule has 1 saturated heterocycles. The molecule has 1 aliphatic rings. The Kier molecular flexibility index (Phi) is 5.21. The van der Waals surface area contributed by atoms with Crippen LogP contribution in [-0.4, -0.2) is 36.7 Å². The minimum atomic E-state index is -0.307. The molecular formula is C15H22N2O2. The number of piperidine rings is 1. The predicted molar refractivity (Wildman–Crippen MR) is 74.9 cm³/mol. The number of benzene rings is 1. The molecule has 1 aliphatic heterocycles. The summed E-state index contributed by atoms with van der Waals surface area (Å²) in [6.07, 6.45) is 1.64. The van der Waals surface area contributed by atoms with Crippen molar-refractivity contribution in [2.45, 2.75) is 32.4 Å². The van der Waals surface area contributed by atoms with Crippen molar-refractivity contribution in [2.75, 3.05) is 19.6 Å². The summed E-state index contributed by atoms with van der Waals surface area (Å²) in [5.74, 6) is 0. The zero-order valence-corrected chi connectivity index (χ0v) is 11.5. The molecule has 19 heavy (non-hydrogen) atoms. The number of hydrogen-bond acceptors (Lipinski definition) is 3. The zero-order valence-electron chi connectivity index (χ0n) is 11.5. The van der Waals surface area contributed by atoms with E-state index < -0.39 is 0 Å². The number of nitrogens with one attached hydrogen (secondary N) is 1. The molecule has 1 heterocycles. The van der Waals surface area contributed by atoms with Crippen LogP contribution in [0.25, 0.3) is 0 Å². The SMILES string of the molecule is CCN1CCC(OC(=O)NCc2ccccc2)CC1. The molecular weight excluding hydrogens is 240 g/mol. The average molecular weight is 262 g/mol. The molecule has 1 N–H and O–H groups in total. The van der Waals surface area contributed by atoms with E-state index in [1.165, 1.54) is 0 Å². The van der Waals surface area contributed by atoms with Gasteiger partial charge in [-0.1, -0.05) is 37.3 Å². The van der Waals surface area contributed by atoms with Crippen molar-refractivity contribution in [3.8, 4) is 0 Å². The van der Waals surface area contributed by atoms with Gasteiger partial charge in [-0.3, -0.25) is 0 Å². The van der Waals surface area contributed by atoms with Gasteiger partial charge in [-0.2, -0.15) is 0 Å². The van der Waals surface area contributed by atoms with Crippen LogP contribution < -0.4 is 5.32 Å². The van der Waals surface area contributed by atoms with Gasteiger partial charge < -0.3 is 15.0 Å². The largest absolute Gasteiger partial charge is 0.446 e. The van der Waals surface area contributed by atoms with Crippen molar-refractivity contribution < 1.29 is 9.53 Å². The molecule has 0 spiro atoms. The fraction of sp³-hybridized carbons (Fsp3) is 0.533. The van der Waals surface area contributed by atoms with E-state index in [0.717, 1.165) is 38.0 Å². The first-order valence-corrected chi connectivity index (χ1v) is 6.98. The molecule has 4 nitrogen and oxygen atoms in total. The third kappa shape index (κ3) is 4.56. The van der Waals surface area contributed by atoms with Crippen molar-refractivity contribution in [3.63, 3.8) is 0 Å². The first kappa shape index (κ1) is 13.9. The zero-order chi connectivity index (χ0) is 13.5. The molecule has 2 rings (SSSR count). The van der Waals surface area contributed by atoms with E-state index in [1.54, 1.807) is 0 Å². The molecule has 0 radical (unpaired) electrons. The Morgan fingerprint density at radius 1 is 1.32 bits per heavy atom. The lowest BCUT2D eigenvalue weighted by Crippen LogP contribution is -2.39. The first-order chi connectivity index (χ1) is 9.28. The number of amides is 1. The van der Waals surface area contributed by atoms with Gasteiger partial charge in [0.1, 0.15) is 6.10 Å². The van der Waals surface area contributed by atoms with E-state index in [2.05, 4.69) is 17.1 Å². The highest BCUT2D eigenvalue weighted by Gasteiger charge is 2.21. The second kappa shape index (κ2) is 7.14. The number of carbonyl (C=O) groups excluding carboxylic acids is 1. The van der Waals surface area contributed by atoms with Gasteiger partial charge >= 0.3 is 6.09 Å². The van der Waals surface area contributed by atoms with Gasteiger partial charge in [0.2, 0.25) is 0 Å². The number of rotatable bonds is 4. The minimum Gasteiger partial charge on any atom is -0.446 e. The molecule has 0 aromatic heterocycles. The maximum absolute atomic E-state index is 11.7. The standard InChI is InChI=1S/C15H22N2O2/c1-2-17-10-8-14(9-11-17)19-15(18)16-12-13-6-4-3-5-7-13/h3-7,14H,2,8-12H2,1H3,(H,16,18). The predicted octanol–water partition coefficient (Wildman–Crippen LogP) is 2.40. The van der Waals surface area contributed by atoms with Gasteiger partial charge in [-0.05, 0) is 24.9 Å². The molecule has 4 heteroatoms. The van der Waals surface area contributed by atoms with E-state index in [4.69, 9.17) is 4.74 Å². The topological polar surface area (TPSA) is 41.6 Å². The third-order valence-electron chi connectivity index (χ3n) is 3.54. The molecule has 1 aromatic rings. The minimum absolute atomic E-state index is 0.0681. The van der Waals surface area contributed by atoms with Crippen molar-refractivity contribution in [3.05, 3.63) is 35.9 Å². The maximum atomic E-state index is 11.7. The number of alkyl carbamates (subject to hydrolysis) is 1. The first-order valence-electron chi connectivity index (χ1n) is 6.98. The summed E-state index contributed by atoms with van der Waals surface area (Å²) in [7, 11) is 0. The normalized spacial score (nSPS) is 17.1. The quantitative estimate of drug-likeness (QED) is 0.906. The van der Waals surface area contributed by atoms with Crippen LogP contribution in [0.4, 0.5) is 4.79 Å². The van der Waals surface area contributed by atoms with E-state index in [1.807, 2.05) is 30.3 Å². The van der Waals surface area contributed by atoms with E-state index >= 15 is 0 Å². The highest BCUT2D eigenvalue weighted by Crippen LogP contribution is 2.13. The second-order valence-electron chi connectivity index (χ2n) is 4.88. The molecule has 1 amide bonds. The molecule has 104 valence electrons. The van der Waals surface area contributed by atoms with Gasteiger partial charge in [0.15, 0.2) is 0 Å². The molecule has 0 atom stereocenters. The Labute approximate surface area is 114 Å². The molecule has 1 fully saturated rings. The van der Waals surface area contributed by atoms with Crippen LogP contribution in [-0.2, 0) is 11.3 Å². The summed E-state index contributed by atoms with van der Waals surface area (Å²) in [6.45, 7) is 5.80. The molecule has 0 aliphatic carbocycles. The van der Waals surface area contributed by atoms with Crippen LogP contribution in [0.1, 0.15) is 25.3 Å². The summed E-state index contributed by atoms with van der Waals surface area (Å²) in [6, 6.07) is 9.86. The lowest BCUT2D eigenvalue weighted by molar-refractivity contribution is 0.0520. The van der Waals surface area contributed by atoms with E-state index in [0.29, 0.717) is 6.54 Å². The Hall–Kier alpha value is -1.55. The van der Waals surface area contributed by atoms with Gasteiger partial charge in [0, 0.05) is 19.6 Å². The Morgan fingerprint density at radius 2 is 2.00 bits per heavy atom. The summed E-state index contributed by atoms with van der Waals surface area (Å²) >= 11 is 0. The van der Waals surface area contributed by atoms with Crippen LogP contribution >= 0.6 is 0 Å². The molecule has 0 unspecified atom stereocenters. The van der Waals surface area contributed by atoms with Gasteiger partial charge in [-0.15, -0.1) is 0 Å². The van der Waals surface area contributed by atoms with E-state index in [-0.39, 0.29) is 12.2 Å². The fourth-order valence-electron chi connectivity index (χ4n) is 2.31. The van der Waals surface area contributed by atoms with Crippen molar-refractivity contribution in [1.29, 1.82) is 0 Å². The number of ether oxygens (including phenoxy) is 1. The van der Waals surface area contributed by atoms with Crippen LogP contribution in [0.3, 0.4) is 0 Å². The Morgan fingerprint density at radius 3 is 2.63 bits per heavy atom. The number of likely N-dealkylation sites (tertiary alicyclic amines) is 1. The fourth-order valence-corrected chi connectivity index (χ4v) is 2.31. The lowest BCUT2D eigenvalue weighted by Gasteiger charge is -2.30. The van der Waals surface area contributed by atoms with Gasteiger partial charge in [0.25, 0.3) is 0 Å². The van der Waals surface area contributed by atoms with Crippen molar-refractivity contribution >= 4 is 6.09 Å². The second-order valence-corrected chi connectivity index (χ2v) is 4.88. The van der Waals surface area contributed by atoms with Crippen LogP contribution in [0.2, 0.25) is 0 Å². The third-order valence-corrected chi connectivity index (χ3v) is 3.54. The smallest absolute Gasteiger partial charge is 0.407 e. The van der Waals surface area contributed by atoms with Crippen molar-refractivity contribution in [2.24, 2.45) is 0 Å². The molecule has 1 aromatic carbocycles. The van der Waals surface area contributed by atoms with Crippen LogP contribution in [0, 0.1) is 0 Å². The van der Waals surface area contributed by atoms with Gasteiger partial charge in [0.05, 0.1) is 0 Å². The number of nitrogens with zero attached hydrogens (tertiary/aromatic N) is 1. The van der Waals surface area contributed by atoms with E-state index in [9.17, 15) is 4.79 Å². The number of carbonyl (C=O) groups is 1. The van der Waals surface area contributed by atoms with Crippen molar-refractivity contribution in [1.82, 2.24) is 10.2 Å². The number of hydrogen-bond donors (Lipinski definition) is 1. The Bertz CT molecular complexity index is 386. The van der Waals surface area contributed by atoms with Gasteiger partial charge in [-0.25, -0.2) is 4.79 Å². The van der Waals surface area contributed by atoms with Crippen LogP contribution in [0.15, 0.2) is 30.3 Å². The highest BCUT2D eigenvalue weighted by molar-refractivity contribution is 5.67. The maximum Gasteiger partial charge on any atom is 0.407 e. The summed E-state index contributed by atoms with van der Waals surface area (Å²) in [5, 5.41) is 2.80. The molecule has 0 bridgehead atoms. The summed E-state index contributed by atoms with van der Waals surface area (Å²) in [4.78, 5) is 14.1. The summed E-state index contributed by atoms with van der Waals surface area (Å²) < 4.78 is 5.43. The monoisotopic (exact) mass is 262 g/mol. The highest BCUT2D eigenvalue weighted by atomic mass is 16.6. The lowest BCUT2D eigenvalue weighted by atomic mass is 10.1.